The van der Waals surface area contributed by atoms with Crippen molar-refractivity contribution in [3.8, 4) is 0 Å². The molecule has 1 aliphatic carbocycles. The second-order valence-electron chi connectivity index (χ2n) is 4.00. The van der Waals surface area contributed by atoms with E-state index in [1.165, 1.54) is 12.8 Å². The van der Waals surface area contributed by atoms with Crippen molar-refractivity contribution in [3.05, 3.63) is 29.6 Å². The standard InChI is InChI=1S/C12H16N2O/c1-14-11(8-9-13-14)12(15)10-6-4-2-3-5-7-10/h6,8-9H,2-5,7H2,1H3. The Hall–Kier alpha value is -1.38. The predicted octanol–water partition coefficient (Wildman–Crippen LogP) is 2.49. The molecule has 0 spiro atoms. The quantitative estimate of drug-likeness (QED) is 0.694. The third-order valence-corrected chi connectivity index (χ3v) is 2.89. The SMILES string of the molecule is Cn1nccc1C(=O)C1=CCCCCC1. The summed E-state index contributed by atoms with van der Waals surface area (Å²) in [5, 5.41) is 4.02. The lowest BCUT2D eigenvalue weighted by molar-refractivity contribution is 0.102. The second kappa shape index (κ2) is 4.43. The van der Waals surface area contributed by atoms with Gasteiger partial charge in [0.25, 0.3) is 0 Å². The molecule has 0 aromatic carbocycles. The molecule has 0 saturated carbocycles. The van der Waals surface area contributed by atoms with E-state index in [0.717, 1.165) is 24.8 Å². The average molecular weight is 204 g/mol. The molecule has 0 bridgehead atoms. The highest BCUT2D eigenvalue weighted by atomic mass is 16.1. The first-order valence-electron chi connectivity index (χ1n) is 5.51. The Labute approximate surface area is 89.8 Å². The lowest BCUT2D eigenvalue weighted by Crippen LogP contribution is -2.09. The molecular weight excluding hydrogens is 188 g/mol. The van der Waals surface area contributed by atoms with E-state index in [2.05, 4.69) is 11.2 Å². The summed E-state index contributed by atoms with van der Waals surface area (Å²) in [5.41, 5.74) is 1.67. The van der Waals surface area contributed by atoms with E-state index in [0.29, 0.717) is 5.69 Å². The van der Waals surface area contributed by atoms with Crippen molar-refractivity contribution in [2.24, 2.45) is 7.05 Å². The van der Waals surface area contributed by atoms with Crippen molar-refractivity contribution in [3.63, 3.8) is 0 Å². The first kappa shape index (κ1) is 10.1. The summed E-state index contributed by atoms with van der Waals surface area (Å²) < 4.78 is 1.65. The van der Waals surface area contributed by atoms with E-state index < -0.39 is 0 Å². The molecule has 0 N–H and O–H groups in total. The number of Topliss-reactive ketones (excluding diaryl/α,β-unsaturated/α-hetero) is 1. The maximum absolute atomic E-state index is 12.1. The number of carbonyl (C=O) groups is 1. The van der Waals surface area contributed by atoms with Gasteiger partial charge in [-0.25, -0.2) is 0 Å². The molecule has 0 atom stereocenters. The van der Waals surface area contributed by atoms with Gasteiger partial charge in [0, 0.05) is 13.2 Å². The largest absolute Gasteiger partial charge is 0.287 e. The van der Waals surface area contributed by atoms with Crippen LogP contribution < -0.4 is 0 Å². The number of allylic oxidation sites excluding steroid dienone is 2. The predicted molar refractivity (Wildman–Crippen MR) is 58.7 cm³/mol. The summed E-state index contributed by atoms with van der Waals surface area (Å²) in [6.45, 7) is 0. The Morgan fingerprint density at radius 3 is 3.00 bits per heavy atom. The molecule has 1 aromatic rings. The number of nitrogens with zero attached hydrogens (tertiary/aromatic N) is 2. The van der Waals surface area contributed by atoms with Crippen LogP contribution in [0.3, 0.4) is 0 Å². The molecule has 0 fully saturated rings. The molecule has 0 amide bonds. The third-order valence-electron chi connectivity index (χ3n) is 2.89. The van der Waals surface area contributed by atoms with Gasteiger partial charge in [-0.1, -0.05) is 12.5 Å². The summed E-state index contributed by atoms with van der Waals surface area (Å²) in [7, 11) is 1.81. The van der Waals surface area contributed by atoms with E-state index in [9.17, 15) is 4.79 Å². The van der Waals surface area contributed by atoms with Crippen LogP contribution in [0.15, 0.2) is 23.9 Å². The molecule has 0 aliphatic heterocycles. The smallest absolute Gasteiger partial charge is 0.206 e. The molecule has 3 heteroatoms. The van der Waals surface area contributed by atoms with Gasteiger partial charge in [0.2, 0.25) is 5.78 Å². The van der Waals surface area contributed by atoms with Crippen molar-refractivity contribution in [2.45, 2.75) is 32.1 Å². The van der Waals surface area contributed by atoms with E-state index in [1.54, 1.807) is 16.9 Å². The second-order valence-corrected chi connectivity index (χ2v) is 4.00. The number of rotatable bonds is 2. The summed E-state index contributed by atoms with van der Waals surface area (Å²) in [4.78, 5) is 12.1. The van der Waals surface area contributed by atoms with Gasteiger partial charge in [0.15, 0.2) is 0 Å². The highest BCUT2D eigenvalue weighted by Crippen LogP contribution is 2.20. The van der Waals surface area contributed by atoms with Gasteiger partial charge in [-0.05, 0) is 37.3 Å². The van der Waals surface area contributed by atoms with E-state index in [1.807, 2.05) is 7.05 Å². The molecule has 1 aromatic heterocycles. The molecule has 1 aliphatic rings. The number of hydrogen-bond donors (Lipinski definition) is 0. The van der Waals surface area contributed by atoms with E-state index in [4.69, 9.17) is 0 Å². The Morgan fingerprint density at radius 1 is 1.40 bits per heavy atom. The lowest BCUT2D eigenvalue weighted by atomic mass is 10.0. The molecule has 80 valence electrons. The summed E-state index contributed by atoms with van der Waals surface area (Å²) in [6, 6.07) is 1.79. The van der Waals surface area contributed by atoms with Crippen molar-refractivity contribution >= 4 is 5.78 Å². The van der Waals surface area contributed by atoms with Gasteiger partial charge in [0.1, 0.15) is 5.69 Å². The fourth-order valence-electron chi connectivity index (χ4n) is 1.98. The Kier molecular flexibility index (Phi) is 2.99. The number of aryl methyl sites for hydroxylation is 1. The maximum Gasteiger partial charge on any atom is 0.206 e. The van der Waals surface area contributed by atoms with Crippen molar-refractivity contribution in [2.75, 3.05) is 0 Å². The van der Waals surface area contributed by atoms with Crippen LogP contribution in [0.25, 0.3) is 0 Å². The Balaban J connectivity index is 2.20. The first-order chi connectivity index (χ1) is 7.29. The third kappa shape index (κ3) is 2.17. The van der Waals surface area contributed by atoms with Crippen LogP contribution in [0.4, 0.5) is 0 Å². The molecule has 1 heterocycles. The summed E-state index contributed by atoms with van der Waals surface area (Å²) in [6.07, 6.45) is 9.31. The minimum Gasteiger partial charge on any atom is -0.287 e. The van der Waals surface area contributed by atoms with Crippen LogP contribution in [0.5, 0.6) is 0 Å². The minimum absolute atomic E-state index is 0.150. The zero-order chi connectivity index (χ0) is 10.7. The normalized spacial score (nSPS) is 17.0. The fraction of sp³-hybridized carbons (Fsp3) is 0.500. The van der Waals surface area contributed by atoms with Crippen molar-refractivity contribution in [1.82, 2.24) is 9.78 Å². The number of carbonyl (C=O) groups excluding carboxylic acids is 1. The highest BCUT2D eigenvalue weighted by Gasteiger charge is 2.16. The van der Waals surface area contributed by atoms with E-state index >= 15 is 0 Å². The van der Waals surface area contributed by atoms with Gasteiger partial charge in [-0.3, -0.25) is 9.48 Å². The van der Waals surface area contributed by atoms with Crippen LogP contribution in [0, 0.1) is 0 Å². The molecular formula is C12H16N2O. The molecule has 15 heavy (non-hydrogen) atoms. The van der Waals surface area contributed by atoms with Crippen LogP contribution in [-0.4, -0.2) is 15.6 Å². The minimum atomic E-state index is 0.150. The zero-order valence-electron chi connectivity index (χ0n) is 9.07. The molecule has 0 saturated heterocycles. The Morgan fingerprint density at radius 2 is 2.27 bits per heavy atom. The molecule has 3 nitrogen and oxygen atoms in total. The summed E-state index contributed by atoms with van der Waals surface area (Å²) in [5.74, 6) is 0.150. The summed E-state index contributed by atoms with van der Waals surface area (Å²) >= 11 is 0. The molecule has 0 unspecified atom stereocenters. The maximum atomic E-state index is 12.1. The first-order valence-corrected chi connectivity index (χ1v) is 5.51. The van der Waals surface area contributed by atoms with E-state index in [-0.39, 0.29) is 5.78 Å². The number of hydrogen-bond acceptors (Lipinski definition) is 2. The van der Waals surface area contributed by atoms with Gasteiger partial charge in [0.05, 0.1) is 0 Å². The van der Waals surface area contributed by atoms with Crippen molar-refractivity contribution < 1.29 is 4.79 Å². The Bertz CT molecular complexity index is 390. The van der Waals surface area contributed by atoms with Crippen LogP contribution in [-0.2, 0) is 7.05 Å². The fourth-order valence-corrected chi connectivity index (χ4v) is 1.98. The monoisotopic (exact) mass is 204 g/mol. The molecule has 0 radical (unpaired) electrons. The van der Waals surface area contributed by atoms with Gasteiger partial charge >= 0.3 is 0 Å². The topological polar surface area (TPSA) is 34.9 Å². The van der Waals surface area contributed by atoms with Crippen LogP contribution in [0.2, 0.25) is 0 Å². The van der Waals surface area contributed by atoms with Crippen molar-refractivity contribution in [1.29, 1.82) is 0 Å². The average Bonchev–Trinajstić information content (AvgIpc) is 2.53. The van der Waals surface area contributed by atoms with Crippen LogP contribution >= 0.6 is 0 Å². The lowest BCUT2D eigenvalue weighted by Gasteiger charge is -2.04. The molecule has 2 rings (SSSR count). The van der Waals surface area contributed by atoms with Gasteiger partial charge < -0.3 is 0 Å². The van der Waals surface area contributed by atoms with Crippen LogP contribution in [0.1, 0.15) is 42.6 Å². The zero-order valence-corrected chi connectivity index (χ0v) is 9.07. The van der Waals surface area contributed by atoms with Gasteiger partial charge in [-0.2, -0.15) is 5.10 Å². The number of aromatic nitrogens is 2. The highest BCUT2D eigenvalue weighted by molar-refractivity contribution is 6.07. The number of ketones is 1. The van der Waals surface area contributed by atoms with Gasteiger partial charge in [-0.15, -0.1) is 0 Å².